The molecule has 1 aromatic rings. The number of carbonyl (C=O) groups excluding carboxylic acids is 1. The van der Waals surface area contributed by atoms with Crippen LogP contribution in [0.5, 0.6) is 0 Å². The van der Waals surface area contributed by atoms with Crippen LogP contribution in [0.1, 0.15) is 22.6 Å². The van der Waals surface area contributed by atoms with Gasteiger partial charge in [-0.1, -0.05) is 0 Å². The summed E-state index contributed by atoms with van der Waals surface area (Å²) in [6, 6.07) is 4.16. The molecule has 0 spiro atoms. The van der Waals surface area contributed by atoms with E-state index in [4.69, 9.17) is 5.73 Å². The van der Waals surface area contributed by atoms with E-state index in [2.05, 4.69) is 19.1 Å². The zero-order chi connectivity index (χ0) is 11.3. The molecule has 1 heterocycles. The highest BCUT2D eigenvalue weighted by Crippen LogP contribution is 2.16. The fourth-order valence-electron chi connectivity index (χ4n) is 1.34. The van der Waals surface area contributed by atoms with Crippen LogP contribution in [0.25, 0.3) is 0 Å². The van der Waals surface area contributed by atoms with Crippen molar-refractivity contribution in [3.8, 4) is 0 Å². The minimum absolute atomic E-state index is 0. The van der Waals surface area contributed by atoms with Crippen LogP contribution in [-0.2, 0) is 11.3 Å². The van der Waals surface area contributed by atoms with Gasteiger partial charge in [0, 0.05) is 23.2 Å². The van der Waals surface area contributed by atoms with E-state index in [9.17, 15) is 4.79 Å². The molecule has 0 atom stereocenters. The number of carbonyl (C=O) groups is 1. The van der Waals surface area contributed by atoms with E-state index in [1.54, 1.807) is 16.2 Å². The number of thiophene rings is 1. The molecular formula is C11H19ClN2OS. The van der Waals surface area contributed by atoms with Crippen molar-refractivity contribution in [1.29, 1.82) is 0 Å². The smallest absolute Gasteiger partial charge is 0.222 e. The first-order valence-corrected chi connectivity index (χ1v) is 5.94. The third-order valence-corrected chi connectivity index (χ3v) is 3.19. The molecule has 0 aromatic carbocycles. The minimum atomic E-state index is 0. The molecule has 3 nitrogen and oxygen atoms in total. The zero-order valence-electron chi connectivity index (χ0n) is 9.73. The number of rotatable bonds is 5. The lowest BCUT2D eigenvalue weighted by Crippen LogP contribution is -2.26. The fraction of sp³-hybridized carbons (Fsp3) is 0.545. The third-order valence-electron chi connectivity index (χ3n) is 2.21. The van der Waals surface area contributed by atoms with Gasteiger partial charge in [0.25, 0.3) is 0 Å². The molecule has 1 aromatic heterocycles. The van der Waals surface area contributed by atoms with Gasteiger partial charge in [-0.15, -0.1) is 23.7 Å². The van der Waals surface area contributed by atoms with E-state index < -0.39 is 0 Å². The Balaban J connectivity index is 0.00000225. The van der Waals surface area contributed by atoms with E-state index in [0.29, 0.717) is 19.5 Å². The van der Waals surface area contributed by atoms with Crippen LogP contribution < -0.4 is 5.73 Å². The fourth-order valence-corrected chi connectivity index (χ4v) is 2.28. The Bertz CT molecular complexity index is 328. The van der Waals surface area contributed by atoms with Crippen LogP contribution >= 0.6 is 23.7 Å². The topological polar surface area (TPSA) is 46.3 Å². The maximum atomic E-state index is 11.6. The van der Waals surface area contributed by atoms with Gasteiger partial charge in [-0.2, -0.15) is 0 Å². The lowest BCUT2D eigenvalue weighted by Gasteiger charge is -2.15. The van der Waals surface area contributed by atoms with E-state index in [0.717, 1.165) is 6.42 Å². The van der Waals surface area contributed by atoms with Crippen molar-refractivity contribution in [3.63, 3.8) is 0 Å². The predicted molar refractivity (Wildman–Crippen MR) is 71.1 cm³/mol. The summed E-state index contributed by atoms with van der Waals surface area (Å²) in [5, 5.41) is 0. The Morgan fingerprint density at radius 3 is 2.69 bits per heavy atom. The van der Waals surface area contributed by atoms with Gasteiger partial charge >= 0.3 is 0 Å². The standard InChI is InChI=1S/C11H18N2OS.ClH/c1-9-5-6-10(15-9)8-13(2)11(14)4-3-7-12;/h5-6H,3-4,7-8,12H2,1-2H3;1H. The quantitative estimate of drug-likeness (QED) is 0.884. The summed E-state index contributed by atoms with van der Waals surface area (Å²) in [6.45, 7) is 3.37. The molecule has 5 heteroatoms. The van der Waals surface area contributed by atoms with Crippen LogP contribution in [0.15, 0.2) is 12.1 Å². The molecule has 16 heavy (non-hydrogen) atoms. The van der Waals surface area contributed by atoms with E-state index in [1.807, 2.05) is 7.05 Å². The molecule has 0 unspecified atom stereocenters. The van der Waals surface area contributed by atoms with Crippen LogP contribution in [0.4, 0.5) is 0 Å². The summed E-state index contributed by atoms with van der Waals surface area (Å²) in [7, 11) is 1.84. The number of nitrogens with two attached hydrogens (primary N) is 1. The summed E-state index contributed by atoms with van der Waals surface area (Å²) in [4.78, 5) is 15.9. The highest BCUT2D eigenvalue weighted by molar-refractivity contribution is 7.11. The lowest BCUT2D eigenvalue weighted by atomic mass is 10.3. The van der Waals surface area contributed by atoms with Gasteiger partial charge in [0.2, 0.25) is 5.91 Å². The Morgan fingerprint density at radius 2 is 2.19 bits per heavy atom. The first-order valence-electron chi connectivity index (χ1n) is 5.13. The number of nitrogens with zero attached hydrogens (tertiary/aromatic N) is 1. The van der Waals surface area contributed by atoms with Crippen LogP contribution in [0.3, 0.4) is 0 Å². The first kappa shape index (κ1) is 15.4. The van der Waals surface area contributed by atoms with Crippen LogP contribution in [-0.4, -0.2) is 24.4 Å². The Kier molecular flexibility index (Phi) is 7.38. The minimum Gasteiger partial charge on any atom is -0.341 e. The van der Waals surface area contributed by atoms with Crippen molar-refractivity contribution in [3.05, 3.63) is 21.9 Å². The van der Waals surface area contributed by atoms with Crippen LogP contribution in [0, 0.1) is 6.92 Å². The molecule has 92 valence electrons. The van der Waals surface area contributed by atoms with Crippen molar-refractivity contribution >= 4 is 29.7 Å². The molecule has 0 saturated carbocycles. The van der Waals surface area contributed by atoms with Gasteiger partial charge in [0.15, 0.2) is 0 Å². The number of amides is 1. The number of halogens is 1. The molecule has 0 bridgehead atoms. The van der Waals surface area contributed by atoms with Crippen molar-refractivity contribution in [2.24, 2.45) is 5.73 Å². The Labute approximate surface area is 107 Å². The maximum Gasteiger partial charge on any atom is 0.222 e. The number of hydrogen-bond acceptors (Lipinski definition) is 3. The number of hydrogen-bond donors (Lipinski definition) is 1. The number of aryl methyl sites for hydroxylation is 1. The molecule has 0 saturated heterocycles. The van der Waals surface area contributed by atoms with Crippen molar-refractivity contribution in [1.82, 2.24) is 4.90 Å². The summed E-state index contributed by atoms with van der Waals surface area (Å²) in [5.74, 6) is 0.173. The van der Waals surface area contributed by atoms with E-state index in [1.165, 1.54) is 9.75 Å². The second-order valence-corrected chi connectivity index (χ2v) is 5.03. The maximum absolute atomic E-state index is 11.6. The Morgan fingerprint density at radius 1 is 1.50 bits per heavy atom. The van der Waals surface area contributed by atoms with Gasteiger partial charge in [0.05, 0.1) is 6.54 Å². The first-order chi connectivity index (χ1) is 7.13. The molecule has 0 aliphatic heterocycles. The molecule has 0 aliphatic rings. The second kappa shape index (κ2) is 7.65. The summed E-state index contributed by atoms with van der Waals surface area (Å²) in [5.41, 5.74) is 5.36. The van der Waals surface area contributed by atoms with Gasteiger partial charge in [-0.05, 0) is 32.0 Å². The monoisotopic (exact) mass is 262 g/mol. The van der Waals surface area contributed by atoms with Gasteiger partial charge in [-0.25, -0.2) is 0 Å². The van der Waals surface area contributed by atoms with Gasteiger partial charge < -0.3 is 10.6 Å². The molecule has 2 N–H and O–H groups in total. The Hall–Kier alpha value is -0.580. The highest BCUT2D eigenvalue weighted by atomic mass is 35.5. The largest absolute Gasteiger partial charge is 0.341 e. The average molecular weight is 263 g/mol. The second-order valence-electron chi connectivity index (χ2n) is 3.65. The highest BCUT2D eigenvalue weighted by Gasteiger charge is 2.09. The van der Waals surface area contributed by atoms with Crippen molar-refractivity contribution < 1.29 is 4.79 Å². The zero-order valence-corrected chi connectivity index (χ0v) is 11.4. The molecule has 0 radical (unpaired) electrons. The van der Waals surface area contributed by atoms with E-state index >= 15 is 0 Å². The SMILES string of the molecule is Cc1ccc(CN(C)C(=O)CCCN)s1.Cl. The van der Waals surface area contributed by atoms with Crippen molar-refractivity contribution in [2.45, 2.75) is 26.3 Å². The lowest BCUT2D eigenvalue weighted by molar-refractivity contribution is -0.130. The van der Waals surface area contributed by atoms with E-state index in [-0.39, 0.29) is 18.3 Å². The average Bonchev–Trinajstić information content (AvgIpc) is 2.60. The van der Waals surface area contributed by atoms with Gasteiger partial charge in [-0.3, -0.25) is 4.79 Å². The summed E-state index contributed by atoms with van der Waals surface area (Å²) >= 11 is 1.74. The normalized spacial score (nSPS) is 9.69. The molecule has 0 aliphatic carbocycles. The molecule has 1 amide bonds. The summed E-state index contributed by atoms with van der Waals surface area (Å²) < 4.78 is 0. The molecule has 0 fully saturated rings. The van der Waals surface area contributed by atoms with Crippen molar-refractivity contribution in [2.75, 3.05) is 13.6 Å². The van der Waals surface area contributed by atoms with Gasteiger partial charge in [0.1, 0.15) is 0 Å². The van der Waals surface area contributed by atoms with Crippen LogP contribution in [0.2, 0.25) is 0 Å². The summed E-state index contributed by atoms with van der Waals surface area (Å²) in [6.07, 6.45) is 1.32. The molecule has 1 rings (SSSR count). The predicted octanol–water partition coefficient (Wildman–Crippen LogP) is 2.18. The molecular weight excluding hydrogens is 244 g/mol. The third kappa shape index (κ3) is 4.96.